The average molecular weight is 357 g/mol. The molecule has 0 aliphatic carbocycles. The molecule has 3 nitrogen and oxygen atoms in total. The molecule has 0 aromatic heterocycles. The molecule has 4 heteroatoms. The number of rotatable bonds is 9. The summed E-state index contributed by atoms with van der Waals surface area (Å²) in [5.41, 5.74) is 2.24. The monoisotopic (exact) mass is 357 g/mol. The summed E-state index contributed by atoms with van der Waals surface area (Å²) in [6.07, 6.45) is 1.97. The van der Waals surface area contributed by atoms with Crippen molar-refractivity contribution in [2.45, 2.75) is 33.9 Å². The van der Waals surface area contributed by atoms with E-state index in [0.29, 0.717) is 25.6 Å². The van der Waals surface area contributed by atoms with Crippen LogP contribution < -0.4 is 0 Å². The van der Waals surface area contributed by atoms with Crippen molar-refractivity contribution in [3.63, 3.8) is 0 Å². The Morgan fingerprint density at radius 3 is 1.84 bits per heavy atom. The first-order valence-corrected chi connectivity index (χ1v) is 10.4. The van der Waals surface area contributed by atoms with Gasteiger partial charge < -0.3 is 4.52 Å². The Morgan fingerprint density at radius 2 is 1.44 bits per heavy atom. The number of hydrogen-bond acceptors (Lipinski definition) is 2. The summed E-state index contributed by atoms with van der Waals surface area (Å²) >= 11 is 0. The molecular formula is C21H28NO2P. The lowest BCUT2D eigenvalue weighted by molar-refractivity contribution is 0.271. The molecule has 0 radical (unpaired) electrons. The highest BCUT2D eigenvalue weighted by atomic mass is 31.2. The van der Waals surface area contributed by atoms with Crippen LogP contribution in [0.25, 0.3) is 0 Å². The average Bonchev–Trinajstić information content (AvgIpc) is 2.61. The minimum Gasteiger partial charge on any atom is -0.315 e. The molecule has 2 aromatic carbocycles. The molecule has 134 valence electrons. The lowest BCUT2D eigenvalue weighted by atomic mass is 10.2. The van der Waals surface area contributed by atoms with Crippen LogP contribution in [0, 0.1) is 5.92 Å². The van der Waals surface area contributed by atoms with Crippen molar-refractivity contribution in [2.24, 2.45) is 5.92 Å². The van der Waals surface area contributed by atoms with Gasteiger partial charge in [-0.2, -0.15) is 0 Å². The molecule has 0 saturated heterocycles. The van der Waals surface area contributed by atoms with Crippen LogP contribution in [0.1, 0.15) is 31.9 Å². The second-order valence-electron chi connectivity index (χ2n) is 6.36. The SMILES string of the molecule is CCOP(=O)(/C=C/C(C)C)N(Cc1ccccc1)Cc1ccccc1. The van der Waals surface area contributed by atoms with Crippen LogP contribution in [0.4, 0.5) is 0 Å². The van der Waals surface area contributed by atoms with Crippen LogP contribution >= 0.6 is 7.52 Å². The number of benzene rings is 2. The topological polar surface area (TPSA) is 29.5 Å². The maximum atomic E-state index is 13.6. The van der Waals surface area contributed by atoms with E-state index in [4.69, 9.17) is 4.52 Å². The fourth-order valence-electron chi connectivity index (χ4n) is 2.53. The zero-order valence-electron chi connectivity index (χ0n) is 15.3. The fraction of sp³-hybridized carbons (Fsp3) is 0.333. The molecule has 0 bridgehead atoms. The van der Waals surface area contributed by atoms with E-state index in [9.17, 15) is 4.57 Å². The summed E-state index contributed by atoms with van der Waals surface area (Å²) in [4.78, 5) is 0. The summed E-state index contributed by atoms with van der Waals surface area (Å²) < 4.78 is 21.4. The predicted molar refractivity (Wildman–Crippen MR) is 105 cm³/mol. The highest BCUT2D eigenvalue weighted by molar-refractivity contribution is 7.59. The van der Waals surface area contributed by atoms with Gasteiger partial charge in [0, 0.05) is 18.9 Å². The largest absolute Gasteiger partial charge is 0.315 e. The minimum absolute atomic E-state index is 0.323. The predicted octanol–water partition coefficient (Wildman–Crippen LogP) is 6.09. The molecule has 0 N–H and O–H groups in total. The Hall–Kier alpha value is -1.67. The van der Waals surface area contributed by atoms with Gasteiger partial charge in [0.25, 0.3) is 7.52 Å². The van der Waals surface area contributed by atoms with E-state index in [-0.39, 0.29) is 0 Å². The van der Waals surface area contributed by atoms with Gasteiger partial charge in [0.2, 0.25) is 0 Å². The summed E-state index contributed by atoms with van der Waals surface area (Å²) in [5.74, 6) is 2.09. The van der Waals surface area contributed by atoms with E-state index in [2.05, 4.69) is 38.1 Å². The number of nitrogens with zero attached hydrogens (tertiary/aromatic N) is 1. The standard InChI is InChI=1S/C21H28NO2P/c1-4-24-25(23,16-15-19(2)3)22(17-20-11-7-5-8-12-20)18-21-13-9-6-10-14-21/h5-16,19H,4,17-18H2,1-3H3/b16-15+. The molecular weight excluding hydrogens is 329 g/mol. The molecule has 1 atom stereocenters. The van der Waals surface area contributed by atoms with E-state index in [1.165, 1.54) is 0 Å². The second kappa shape index (κ2) is 9.72. The van der Waals surface area contributed by atoms with Gasteiger partial charge in [-0.1, -0.05) is 80.6 Å². The third kappa shape index (κ3) is 6.28. The first-order chi connectivity index (χ1) is 12.0. The molecule has 2 rings (SSSR count). The number of hydrogen-bond donors (Lipinski definition) is 0. The Kier molecular flexibility index (Phi) is 7.64. The van der Waals surface area contributed by atoms with Gasteiger partial charge in [0.05, 0.1) is 6.61 Å². The van der Waals surface area contributed by atoms with Crippen molar-refractivity contribution in [1.82, 2.24) is 4.67 Å². The third-order valence-corrected chi connectivity index (χ3v) is 6.03. The van der Waals surface area contributed by atoms with E-state index >= 15 is 0 Å². The molecule has 0 amide bonds. The normalized spacial score (nSPS) is 14.3. The smallest absolute Gasteiger partial charge is 0.295 e. The summed E-state index contributed by atoms with van der Waals surface area (Å²) in [5, 5.41) is 0. The summed E-state index contributed by atoms with van der Waals surface area (Å²) in [6.45, 7) is 7.61. The van der Waals surface area contributed by atoms with Gasteiger partial charge in [-0.3, -0.25) is 4.57 Å². The molecule has 0 spiro atoms. The first kappa shape index (κ1) is 19.7. The van der Waals surface area contributed by atoms with Gasteiger partial charge >= 0.3 is 0 Å². The van der Waals surface area contributed by atoms with Crippen LogP contribution in [-0.4, -0.2) is 11.3 Å². The molecule has 25 heavy (non-hydrogen) atoms. The molecule has 0 aliphatic heterocycles. The Morgan fingerprint density at radius 1 is 0.960 bits per heavy atom. The van der Waals surface area contributed by atoms with Crippen molar-refractivity contribution in [3.05, 3.63) is 83.7 Å². The van der Waals surface area contributed by atoms with Gasteiger partial charge in [0.1, 0.15) is 0 Å². The highest BCUT2D eigenvalue weighted by Gasteiger charge is 2.29. The Labute approximate surface area is 151 Å². The lowest BCUT2D eigenvalue weighted by Crippen LogP contribution is -2.20. The maximum Gasteiger partial charge on any atom is 0.295 e. The van der Waals surface area contributed by atoms with E-state index in [0.717, 1.165) is 11.1 Å². The van der Waals surface area contributed by atoms with Gasteiger partial charge in [0.15, 0.2) is 0 Å². The summed E-state index contributed by atoms with van der Waals surface area (Å²) in [7, 11) is -3.06. The van der Waals surface area contributed by atoms with E-state index in [1.54, 1.807) is 5.82 Å². The van der Waals surface area contributed by atoms with Crippen molar-refractivity contribution in [1.29, 1.82) is 0 Å². The van der Waals surface area contributed by atoms with E-state index < -0.39 is 7.52 Å². The van der Waals surface area contributed by atoms with E-state index in [1.807, 2.05) is 54.1 Å². The first-order valence-electron chi connectivity index (χ1n) is 8.80. The quantitative estimate of drug-likeness (QED) is 0.509. The minimum atomic E-state index is -3.06. The maximum absolute atomic E-state index is 13.6. The van der Waals surface area contributed by atoms with Crippen molar-refractivity contribution in [3.8, 4) is 0 Å². The second-order valence-corrected chi connectivity index (χ2v) is 8.61. The molecule has 0 saturated carbocycles. The van der Waals surface area contributed by atoms with Gasteiger partial charge in [-0.15, -0.1) is 0 Å². The zero-order chi connectivity index (χ0) is 18.1. The lowest BCUT2D eigenvalue weighted by Gasteiger charge is -2.29. The van der Waals surface area contributed by atoms with Crippen molar-refractivity contribution < 1.29 is 9.09 Å². The zero-order valence-corrected chi connectivity index (χ0v) is 16.2. The van der Waals surface area contributed by atoms with Crippen LogP contribution in [0.5, 0.6) is 0 Å². The van der Waals surface area contributed by atoms with Crippen LogP contribution in [-0.2, 0) is 22.2 Å². The number of allylic oxidation sites excluding steroid dienone is 1. The highest BCUT2D eigenvalue weighted by Crippen LogP contribution is 2.54. The van der Waals surface area contributed by atoms with Crippen LogP contribution in [0.2, 0.25) is 0 Å². The molecule has 1 unspecified atom stereocenters. The Bertz CT molecular complexity index is 657. The summed E-state index contributed by atoms with van der Waals surface area (Å²) in [6, 6.07) is 20.2. The molecule has 0 heterocycles. The van der Waals surface area contributed by atoms with Crippen LogP contribution in [0.15, 0.2) is 72.6 Å². The van der Waals surface area contributed by atoms with Crippen molar-refractivity contribution in [2.75, 3.05) is 6.61 Å². The van der Waals surface area contributed by atoms with Gasteiger partial charge in [-0.25, -0.2) is 4.67 Å². The molecule has 0 aliphatic rings. The molecule has 0 fully saturated rings. The van der Waals surface area contributed by atoms with Crippen molar-refractivity contribution >= 4 is 7.52 Å². The van der Waals surface area contributed by atoms with Crippen LogP contribution in [0.3, 0.4) is 0 Å². The molecule has 2 aromatic rings. The van der Waals surface area contributed by atoms with Gasteiger partial charge in [-0.05, 0) is 24.0 Å². The Balaban J connectivity index is 2.34. The fourth-order valence-corrected chi connectivity index (χ4v) is 4.62. The third-order valence-electron chi connectivity index (χ3n) is 3.78.